The number of urea groups is 1. The van der Waals surface area contributed by atoms with Crippen molar-refractivity contribution in [3.8, 4) is 21.6 Å². The van der Waals surface area contributed by atoms with E-state index in [1.807, 2.05) is 104 Å². The van der Waals surface area contributed by atoms with Gasteiger partial charge in [0.05, 0.1) is 38.6 Å². The number of carbonyl (C=O) groups excluding carboxylic acids is 5. The number of benzene rings is 3. The summed E-state index contributed by atoms with van der Waals surface area (Å²) in [6, 6.07) is 25.5. The van der Waals surface area contributed by atoms with Crippen LogP contribution in [0.3, 0.4) is 0 Å². The molecule has 0 bridgehead atoms. The van der Waals surface area contributed by atoms with Crippen molar-refractivity contribution in [3.63, 3.8) is 0 Å². The third-order valence-electron chi connectivity index (χ3n) is 19.0. The standard InChI is InChI=1S/C55H69N11O5S.C12H12N2OS/c1-35-42(29-56-66(35)30-36-11-6-5-7-12-36)40-17-18-46(63-21-19-37-13-10-14-41(43(37)32-63)49(68)60-52-57-44-15-8-9-16-45(44)72-52)58-47(40)50(69)62-25-23-61(24-26-62)38-27-55(28-38)33-65(34-55)53(71)59-48(54(2,3)4)51(70)64-22-20-39(67)31-64;1-9-12(16-8-14-9)11-4-2-10(3-5-11)6-13-7-15/h8-10,13-18,29,36,38-39,48,67H,5-7,11-12,19-28,30-34H2,1-4H3,(H,59,71)(H,57,60,68);2-5,7-8H,6H2,1H3,(H,13,15). The first kappa shape index (κ1) is 60.7. The van der Waals surface area contributed by atoms with E-state index in [-0.39, 0.29) is 29.2 Å². The number of anilines is 2. The summed E-state index contributed by atoms with van der Waals surface area (Å²) in [5.41, 5.74) is 11.5. The zero-order valence-electron chi connectivity index (χ0n) is 51.2. The lowest BCUT2D eigenvalue weighted by atomic mass is 9.60. The maximum atomic E-state index is 15.0. The lowest BCUT2D eigenvalue weighted by Crippen LogP contribution is -2.70. The van der Waals surface area contributed by atoms with Gasteiger partial charge in [0.15, 0.2) is 5.13 Å². The van der Waals surface area contributed by atoms with Crippen LogP contribution in [0.15, 0.2) is 90.6 Å². The summed E-state index contributed by atoms with van der Waals surface area (Å²) < 4.78 is 3.14. The average molecular weight is 1230 g/mol. The van der Waals surface area contributed by atoms with Gasteiger partial charge in [-0.05, 0) is 116 Å². The number of hydrogen-bond donors (Lipinski definition) is 4. The summed E-state index contributed by atoms with van der Waals surface area (Å²) >= 11 is 3.10. The molecule has 2 unspecified atom stereocenters. The molecule has 19 nitrogen and oxygen atoms in total. The zero-order chi connectivity index (χ0) is 61.3. The van der Waals surface area contributed by atoms with Crippen LogP contribution in [-0.2, 0) is 35.6 Å². The minimum absolute atomic E-state index is 0.0853. The van der Waals surface area contributed by atoms with Gasteiger partial charge in [-0.2, -0.15) is 5.10 Å². The van der Waals surface area contributed by atoms with Gasteiger partial charge in [-0.15, -0.1) is 11.3 Å². The van der Waals surface area contributed by atoms with Crippen LogP contribution in [0.5, 0.6) is 0 Å². The summed E-state index contributed by atoms with van der Waals surface area (Å²) in [5.74, 6) is 0.895. The Bertz CT molecular complexity index is 3640. The molecule has 3 aromatic carbocycles. The number of aromatic nitrogens is 5. The molecule has 7 aromatic rings. The number of nitrogens with zero attached hydrogens (tertiary/aromatic N) is 10. The Balaban J connectivity index is 0.000000408. The molecule has 5 fully saturated rings. The Morgan fingerprint density at radius 2 is 1.60 bits per heavy atom. The van der Waals surface area contributed by atoms with Gasteiger partial charge in [0, 0.05) is 112 Å². The van der Waals surface area contributed by atoms with Gasteiger partial charge in [-0.1, -0.05) is 99.9 Å². The minimum atomic E-state index is -0.672. The lowest BCUT2D eigenvalue weighted by molar-refractivity contribution is -0.135. The van der Waals surface area contributed by atoms with Gasteiger partial charge in [0.2, 0.25) is 12.3 Å². The van der Waals surface area contributed by atoms with E-state index in [9.17, 15) is 29.1 Å². The number of likely N-dealkylation sites (tertiary alicyclic amines) is 2. The molecular weight excluding hydrogens is 1150 g/mol. The van der Waals surface area contributed by atoms with Crippen LogP contribution in [0.4, 0.5) is 15.7 Å². The first-order valence-electron chi connectivity index (χ1n) is 31.3. The molecule has 2 atom stereocenters. The Morgan fingerprint density at radius 1 is 0.830 bits per heavy atom. The number of para-hydroxylation sites is 1. The monoisotopic (exact) mass is 1230 g/mol. The summed E-state index contributed by atoms with van der Waals surface area (Å²) in [7, 11) is 0. The van der Waals surface area contributed by atoms with Gasteiger partial charge in [0.25, 0.3) is 11.8 Å². The zero-order valence-corrected chi connectivity index (χ0v) is 52.8. The molecule has 4 aromatic heterocycles. The van der Waals surface area contributed by atoms with Crippen LogP contribution >= 0.6 is 22.7 Å². The molecule has 2 saturated carbocycles. The van der Waals surface area contributed by atoms with Gasteiger partial charge >= 0.3 is 6.03 Å². The molecule has 1 spiro atoms. The van der Waals surface area contributed by atoms with Crippen LogP contribution in [0.2, 0.25) is 0 Å². The van der Waals surface area contributed by atoms with Crippen molar-refractivity contribution in [1.29, 1.82) is 0 Å². The fraction of sp³-hybridized carbons (Fsp3) is 0.478. The summed E-state index contributed by atoms with van der Waals surface area (Å²) in [6.45, 7) is 17.5. The molecule has 6 amide bonds. The molecule has 21 heteroatoms. The van der Waals surface area contributed by atoms with E-state index in [1.54, 1.807) is 16.2 Å². The Kier molecular flexibility index (Phi) is 17.8. The second-order valence-corrected chi connectivity index (χ2v) is 28.0. The van der Waals surface area contributed by atoms with Gasteiger partial charge in [-0.3, -0.25) is 34.1 Å². The van der Waals surface area contributed by atoms with Gasteiger partial charge in [-0.25, -0.2) is 19.7 Å². The molecule has 4 aliphatic heterocycles. The minimum Gasteiger partial charge on any atom is -0.391 e. The van der Waals surface area contributed by atoms with Crippen molar-refractivity contribution < 1.29 is 29.1 Å². The largest absolute Gasteiger partial charge is 0.391 e. The van der Waals surface area contributed by atoms with E-state index in [2.05, 4.69) is 71.6 Å². The second-order valence-electron chi connectivity index (χ2n) is 26.1. The van der Waals surface area contributed by atoms with Crippen molar-refractivity contribution in [3.05, 3.63) is 130 Å². The first-order valence-corrected chi connectivity index (χ1v) is 33.0. The molecule has 0 radical (unpaired) electrons. The van der Waals surface area contributed by atoms with Crippen molar-refractivity contribution in [2.45, 2.75) is 130 Å². The van der Waals surface area contributed by atoms with Crippen LogP contribution in [0, 0.1) is 30.6 Å². The maximum Gasteiger partial charge on any atom is 0.318 e. The highest BCUT2D eigenvalue weighted by Gasteiger charge is 2.56. The number of carbonyl (C=O) groups is 5. The smallest absolute Gasteiger partial charge is 0.318 e. The van der Waals surface area contributed by atoms with Crippen LogP contribution in [0.1, 0.15) is 121 Å². The number of β-amino-alcohol motifs (C(OH)–C–C–N with tert-alkyl or cyclic N) is 1. The SMILES string of the molecule is Cc1c(-c2ccc(N3CCc4cccc(C(=O)Nc5nc6ccccc6s5)c4C3)nc2C(=O)N2CCN(C3CC4(C3)CN(C(=O)NC(C(=O)N3CCC(O)C3)C(C)(C)C)C4)CC2)cnn1CC1CCCCC1.Cc1ncsc1-c1ccc(CNC=O)cc1. The van der Waals surface area contributed by atoms with Crippen molar-refractivity contribution in [2.24, 2.45) is 16.7 Å². The number of piperazine rings is 1. The molecule has 4 N–H and O–H groups in total. The van der Waals surface area contributed by atoms with E-state index in [0.717, 1.165) is 88.3 Å². The molecule has 8 heterocycles. The number of thiazole rings is 2. The Hall–Kier alpha value is -7.59. The topological polar surface area (TPSA) is 214 Å². The number of aliphatic hydroxyl groups excluding tert-OH is 1. The number of rotatable bonds is 14. The third kappa shape index (κ3) is 13.1. The van der Waals surface area contributed by atoms with E-state index in [4.69, 9.17) is 10.1 Å². The first-order chi connectivity index (χ1) is 42.5. The maximum absolute atomic E-state index is 15.0. The quantitative estimate of drug-likeness (QED) is 0.0750. The molecule has 13 rings (SSSR count). The predicted octanol–water partition coefficient (Wildman–Crippen LogP) is 9.56. The highest BCUT2D eigenvalue weighted by molar-refractivity contribution is 7.22. The van der Waals surface area contributed by atoms with Gasteiger partial charge in [0.1, 0.15) is 17.6 Å². The number of aliphatic hydroxyl groups is 1. The Morgan fingerprint density at radius 3 is 2.31 bits per heavy atom. The number of hydrogen-bond acceptors (Lipinski definition) is 14. The molecule has 3 saturated heterocycles. The molecule has 462 valence electrons. The fourth-order valence-corrected chi connectivity index (χ4v) is 15.6. The lowest BCUT2D eigenvalue weighted by Gasteiger charge is -2.61. The fourth-order valence-electron chi connectivity index (χ4n) is 13.9. The highest BCUT2D eigenvalue weighted by atomic mass is 32.1. The van der Waals surface area contributed by atoms with E-state index >= 15 is 0 Å². The predicted molar refractivity (Wildman–Crippen MR) is 344 cm³/mol. The van der Waals surface area contributed by atoms with Crippen molar-refractivity contribution in [2.75, 3.05) is 69.1 Å². The van der Waals surface area contributed by atoms with E-state index in [0.29, 0.717) is 106 Å². The average Bonchev–Trinajstić information content (AvgIpc) is 0.917. The Labute approximate surface area is 522 Å². The van der Waals surface area contributed by atoms with Crippen molar-refractivity contribution >= 4 is 74.0 Å². The molecule has 88 heavy (non-hydrogen) atoms. The summed E-state index contributed by atoms with van der Waals surface area (Å²) in [6.07, 6.45) is 11.7. The van der Waals surface area contributed by atoms with Crippen LogP contribution < -0.4 is 20.9 Å². The number of amides is 6. The number of fused-ring (bicyclic) bond motifs is 2. The third-order valence-corrected chi connectivity index (χ3v) is 20.9. The van der Waals surface area contributed by atoms with Crippen LogP contribution in [-0.4, -0.2) is 157 Å². The van der Waals surface area contributed by atoms with Crippen LogP contribution in [0.25, 0.3) is 31.8 Å². The highest BCUT2D eigenvalue weighted by Crippen LogP contribution is 2.50. The normalized spacial score (nSPS) is 19.1. The summed E-state index contributed by atoms with van der Waals surface area (Å²) in [4.78, 5) is 91.5. The van der Waals surface area contributed by atoms with E-state index in [1.165, 1.54) is 53.9 Å². The van der Waals surface area contributed by atoms with E-state index < -0.39 is 17.6 Å². The number of pyridine rings is 1. The molecular formula is C67H81N13O6S2. The van der Waals surface area contributed by atoms with Gasteiger partial charge < -0.3 is 35.3 Å². The summed E-state index contributed by atoms with van der Waals surface area (Å²) in [5, 5.41) is 24.3. The number of nitrogens with one attached hydrogen (secondary N) is 3. The second kappa shape index (κ2) is 25.9. The molecule has 6 aliphatic rings. The van der Waals surface area contributed by atoms with Crippen molar-refractivity contribution in [1.82, 2.24) is 55.0 Å². The molecule has 2 aliphatic carbocycles. The number of aryl methyl sites for hydroxylation is 1.